The van der Waals surface area contributed by atoms with Crippen LogP contribution in [0, 0.1) is 22.7 Å². The van der Waals surface area contributed by atoms with Crippen LogP contribution < -0.4 is 0 Å². The molecule has 0 aromatic carbocycles. The van der Waals surface area contributed by atoms with Gasteiger partial charge in [0.1, 0.15) is 6.17 Å². The van der Waals surface area contributed by atoms with Crippen molar-refractivity contribution in [1.29, 1.82) is 0 Å². The Hall–Kier alpha value is -0.150. The van der Waals surface area contributed by atoms with Crippen LogP contribution in [0.3, 0.4) is 0 Å². The first-order chi connectivity index (χ1) is 9.35. The van der Waals surface area contributed by atoms with Gasteiger partial charge < -0.3 is 9.80 Å². The van der Waals surface area contributed by atoms with Crippen LogP contribution in [0.1, 0.15) is 39.5 Å². The molecule has 20 heavy (non-hydrogen) atoms. The van der Waals surface area contributed by atoms with Gasteiger partial charge in [-0.15, -0.1) is 0 Å². The lowest BCUT2D eigenvalue weighted by atomic mass is 9.89. The van der Waals surface area contributed by atoms with E-state index >= 15 is 0 Å². The van der Waals surface area contributed by atoms with Crippen LogP contribution in [-0.2, 0) is 0 Å². The van der Waals surface area contributed by atoms with Gasteiger partial charge in [-0.3, -0.25) is 0 Å². The van der Waals surface area contributed by atoms with Gasteiger partial charge in [0.15, 0.2) is 0 Å². The highest BCUT2D eigenvalue weighted by Gasteiger charge is 2.52. The number of hydrogen-bond acceptors (Lipinski definition) is 2. The maximum atomic E-state index is 13.3. The Morgan fingerprint density at radius 1 is 0.950 bits per heavy atom. The van der Waals surface area contributed by atoms with E-state index in [1.54, 1.807) is 0 Å². The number of rotatable bonds is 1. The zero-order valence-electron chi connectivity index (χ0n) is 13.7. The minimum atomic E-state index is -0.563. The second kappa shape index (κ2) is 4.95. The summed E-state index contributed by atoms with van der Waals surface area (Å²) in [6.45, 7) is 8.95. The summed E-state index contributed by atoms with van der Waals surface area (Å²) in [5, 5.41) is 0. The zero-order valence-corrected chi connectivity index (χ0v) is 13.7. The lowest BCUT2D eigenvalue weighted by Gasteiger charge is -2.18. The predicted octanol–water partition coefficient (Wildman–Crippen LogP) is 3.03. The summed E-state index contributed by atoms with van der Waals surface area (Å²) in [4.78, 5) is 4.58. The van der Waals surface area contributed by atoms with Crippen molar-refractivity contribution in [3.05, 3.63) is 0 Å². The molecule has 3 atom stereocenters. The van der Waals surface area contributed by atoms with Crippen LogP contribution in [0.15, 0.2) is 0 Å². The summed E-state index contributed by atoms with van der Waals surface area (Å²) >= 11 is 0. The molecule has 2 heterocycles. The third-order valence-corrected chi connectivity index (χ3v) is 6.47. The first-order valence-corrected chi connectivity index (χ1v) is 8.36. The van der Waals surface area contributed by atoms with E-state index in [-0.39, 0.29) is 0 Å². The molecule has 3 heteroatoms. The van der Waals surface area contributed by atoms with Crippen LogP contribution in [0.25, 0.3) is 0 Å². The van der Waals surface area contributed by atoms with E-state index in [2.05, 4.69) is 30.7 Å². The second-order valence-corrected chi connectivity index (χ2v) is 8.46. The number of halogens is 1. The standard InChI is InChI=1S/C9H16FN.C8H15N/c1-9(3-4-9)7-5-11(2)6-8(7)10;1-7-5-9(2)6-8(7)3-4-8/h7-8H,3-6H2,1-2H3;7H,3-6H2,1-2H3/t7-,8+;7-/m01/s1. The zero-order chi connectivity index (χ0) is 14.5. The van der Waals surface area contributed by atoms with Gasteiger partial charge in [-0.2, -0.15) is 0 Å². The van der Waals surface area contributed by atoms with Gasteiger partial charge in [0, 0.05) is 32.1 Å². The fraction of sp³-hybridized carbons (Fsp3) is 1.00. The van der Waals surface area contributed by atoms with E-state index in [1.165, 1.54) is 38.8 Å². The predicted molar refractivity (Wildman–Crippen MR) is 81.6 cm³/mol. The van der Waals surface area contributed by atoms with Gasteiger partial charge >= 0.3 is 0 Å². The van der Waals surface area contributed by atoms with Crippen LogP contribution in [0.4, 0.5) is 4.39 Å². The monoisotopic (exact) mass is 282 g/mol. The quantitative estimate of drug-likeness (QED) is 0.729. The average molecular weight is 282 g/mol. The molecule has 1 spiro atoms. The average Bonchev–Trinajstić information content (AvgIpc) is 3.22. The largest absolute Gasteiger partial charge is 0.306 e. The van der Waals surface area contributed by atoms with E-state index in [4.69, 9.17) is 0 Å². The van der Waals surface area contributed by atoms with Gasteiger partial charge in [-0.1, -0.05) is 13.8 Å². The molecule has 0 N–H and O–H groups in total. The Kier molecular flexibility index (Phi) is 3.65. The van der Waals surface area contributed by atoms with Gasteiger partial charge in [0.2, 0.25) is 0 Å². The Morgan fingerprint density at radius 2 is 1.60 bits per heavy atom. The Morgan fingerprint density at radius 3 is 1.90 bits per heavy atom. The summed E-state index contributed by atoms with van der Waals surface area (Å²) < 4.78 is 13.3. The van der Waals surface area contributed by atoms with E-state index in [0.29, 0.717) is 17.9 Å². The van der Waals surface area contributed by atoms with E-state index < -0.39 is 6.17 Å². The molecule has 2 aliphatic heterocycles. The van der Waals surface area contributed by atoms with Crippen molar-refractivity contribution in [2.24, 2.45) is 22.7 Å². The topological polar surface area (TPSA) is 6.48 Å². The number of alkyl halides is 1. The molecule has 2 nitrogen and oxygen atoms in total. The Balaban J connectivity index is 0.000000123. The Labute approximate surface area is 123 Å². The fourth-order valence-corrected chi connectivity index (χ4v) is 4.41. The third kappa shape index (κ3) is 2.76. The number of hydrogen-bond donors (Lipinski definition) is 0. The summed E-state index contributed by atoms with van der Waals surface area (Å²) in [6.07, 6.45) is 4.92. The lowest BCUT2D eigenvalue weighted by Crippen LogP contribution is -2.22. The molecular weight excluding hydrogens is 251 g/mol. The van der Waals surface area contributed by atoms with Crippen molar-refractivity contribution in [3.63, 3.8) is 0 Å². The van der Waals surface area contributed by atoms with Gasteiger partial charge in [-0.05, 0) is 56.5 Å². The van der Waals surface area contributed by atoms with Crippen molar-refractivity contribution in [2.45, 2.75) is 45.7 Å². The van der Waals surface area contributed by atoms with Crippen LogP contribution >= 0.6 is 0 Å². The molecule has 2 aliphatic carbocycles. The van der Waals surface area contributed by atoms with Gasteiger partial charge in [0.25, 0.3) is 0 Å². The molecule has 0 aromatic rings. The summed E-state index contributed by atoms with van der Waals surface area (Å²) in [5.41, 5.74) is 1.17. The summed E-state index contributed by atoms with van der Waals surface area (Å²) in [5.74, 6) is 1.30. The first kappa shape index (κ1) is 14.8. The van der Waals surface area contributed by atoms with Crippen molar-refractivity contribution in [1.82, 2.24) is 9.80 Å². The normalized spacial score (nSPS) is 41.5. The van der Waals surface area contributed by atoms with Crippen molar-refractivity contribution in [3.8, 4) is 0 Å². The molecule has 0 bridgehead atoms. The van der Waals surface area contributed by atoms with Crippen LogP contribution in [-0.4, -0.2) is 56.2 Å². The maximum absolute atomic E-state index is 13.3. The molecule has 2 saturated carbocycles. The molecule has 2 saturated heterocycles. The molecule has 4 aliphatic rings. The van der Waals surface area contributed by atoms with Crippen molar-refractivity contribution < 1.29 is 4.39 Å². The molecule has 4 rings (SSSR count). The van der Waals surface area contributed by atoms with Crippen LogP contribution in [0.5, 0.6) is 0 Å². The van der Waals surface area contributed by atoms with E-state index in [9.17, 15) is 4.39 Å². The van der Waals surface area contributed by atoms with E-state index in [0.717, 1.165) is 17.9 Å². The third-order valence-electron chi connectivity index (χ3n) is 6.47. The summed E-state index contributed by atoms with van der Waals surface area (Å²) in [7, 11) is 4.25. The van der Waals surface area contributed by atoms with E-state index in [1.807, 2.05) is 7.05 Å². The molecule has 0 unspecified atom stereocenters. The van der Waals surface area contributed by atoms with Crippen LogP contribution in [0.2, 0.25) is 0 Å². The second-order valence-electron chi connectivity index (χ2n) is 8.46. The number of likely N-dealkylation sites (tertiary alicyclic amines) is 2. The highest BCUT2D eigenvalue weighted by Crippen LogP contribution is 2.55. The molecule has 116 valence electrons. The smallest absolute Gasteiger partial charge is 0.117 e. The number of nitrogens with zero attached hydrogens (tertiary/aromatic N) is 2. The first-order valence-electron chi connectivity index (χ1n) is 8.36. The van der Waals surface area contributed by atoms with Gasteiger partial charge in [-0.25, -0.2) is 4.39 Å². The maximum Gasteiger partial charge on any atom is 0.117 e. The molecule has 0 amide bonds. The highest BCUT2D eigenvalue weighted by atomic mass is 19.1. The highest BCUT2D eigenvalue weighted by molar-refractivity contribution is 5.03. The fourth-order valence-electron chi connectivity index (χ4n) is 4.41. The van der Waals surface area contributed by atoms with Gasteiger partial charge in [0.05, 0.1) is 0 Å². The molecule has 4 fully saturated rings. The molecule has 0 radical (unpaired) electrons. The molecular formula is C17H31FN2. The van der Waals surface area contributed by atoms with Crippen molar-refractivity contribution >= 4 is 0 Å². The minimum absolute atomic E-state index is 0.326. The lowest BCUT2D eigenvalue weighted by molar-refractivity contribution is 0.210. The Bertz CT molecular complexity index is 362. The van der Waals surface area contributed by atoms with Crippen molar-refractivity contribution in [2.75, 3.05) is 40.3 Å². The summed E-state index contributed by atoms with van der Waals surface area (Å²) in [6, 6.07) is 0. The molecule has 0 aromatic heterocycles. The SMILES string of the molecule is CN1C[C@@H](F)[C@@H](C2(C)CC2)C1.C[C@@H]1CN(C)CC12CC2. The minimum Gasteiger partial charge on any atom is -0.306 e.